The summed E-state index contributed by atoms with van der Waals surface area (Å²) in [4.78, 5) is 36.9. The Morgan fingerprint density at radius 2 is 2.03 bits per heavy atom. The zero-order valence-corrected chi connectivity index (χ0v) is 19.7. The minimum atomic E-state index is -1.20. The number of nitrogens with zero attached hydrogens (tertiary/aromatic N) is 1. The second-order valence-electron chi connectivity index (χ2n) is 8.84. The second-order valence-corrected chi connectivity index (χ2v) is 10.0. The summed E-state index contributed by atoms with van der Waals surface area (Å²) in [6, 6.07) is 4.01. The summed E-state index contributed by atoms with van der Waals surface area (Å²) in [7, 11) is 0. The number of thioether (sulfide) groups is 1. The van der Waals surface area contributed by atoms with Gasteiger partial charge in [-0.05, 0) is 58.2 Å². The number of alkyl carbamates (subject to hydrolysis) is 1. The molecule has 3 rings (SSSR count). The number of hydrogen-bond donors (Lipinski definition) is 2. The molecule has 1 amide bonds. The maximum atomic E-state index is 12.8. The first kappa shape index (κ1) is 24.1. The Morgan fingerprint density at radius 3 is 2.72 bits per heavy atom. The average molecular weight is 463 g/mol. The number of benzene rings is 1. The summed E-state index contributed by atoms with van der Waals surface area (Å²) in [5, 5.41) is 12.6. The van der Waals surface area contributed by atoms with Crippen LogP contribution in [0.4, 0.5) is 4.79 Å². The second kappa shape index (κ2) is 9.95. The van der Waals surface area contributed by atoms with E-state index in [0.717, 1.165) is 28.8 Å². The number of aryl methyl sites for hydroxylation is 1. The minimum Gasteiger partial charge on any atom is -0.477 e. The molecule has 8 nitrogen and oxygen atoms in total. The largest absolute Gasteiger partial charge is 0.477 e. The van der Waals surface area contributed by atoms with Gasteiger partial charge in [-0.3, -0.25) is 4.79 Å². The van der Waals surface area contributed by atoms with E-state index in [0.29, 0.717) is 30.9 Å². The topological polar surface area (TPSA) is 107 Å². The van der Waals surface area contributed by atoms with Gasteiger partial charge < -0.3 is 24.5 Å². The number of rotatable bonds is 8. The summed E-state index contributed by atoms with van der Waals surface area (Å²) in [6.07, 6.45) is 2.75. The van der Waals surface area contributed by atoms with E-state index in [1.54, 1.807) is 38.6 Å². The van der Waals surface area contributed by atoms with Crippen molar-refractivity contribution in [3.63, 3.8) is 0 Å². The van der Waals surface area contributed by atoms with Crippen molar-refractivity contribution in [3.05, 3.63) is 39.7 Å². The number of nitrogens with one attached hydrogen (secondary N) is 1. The predicted octanol–water partition coefficient (Wildman–Crippen LogP) is 3.84. The number of ether oxygens (including phenoxy) is 2. The molecule has 1 aliphatic heterocycles. The summed E-state index contributed by atoms with van der Waals surface area (Å²) < 4.78 is 12.6. The summed E-state index contributed by atoms with van der Waals surface area (Å²) in [5.41, 5.74) is 0.742. The first-order chi connectivity index (χ1) is 15.1. The fourth-order valence-corrected chi connectivity index (χ4v) is 4.55. The number of carbonyl (C=O) groups is 2. The molecule has 0 aliphatic carbocycles. The van der Waals surface area contributed by atoms with Gasteiger partial charge in [0.1, 0.15) is 11.2 Å². The van der Waals surface area contributed by atoms with Gasteiger partial charge in [-0.15, -0.1) is 11.8 Å². The Labute approximate surface area is 191 Å². The fourth-order valence-electron chi connectivity index (χ4n) is 3.69. The van der Waals surface area contributed by atoms with Crippen molar-refractivity contribution in [2.45, 2.75) is 57.1 Å². The molecule has 1 aromatic heterocycles. The van der Waals surface area contributed by atoms with Crippen LogP contribution in [0.5, 0.6) is 0 Å². The van der Waals surface area contributed by atoms with Crippen LogP contribution < -0.4 is 10.7 Å². The van der Waals surface area contributed by atoms with Crippen LogP contribution in [-0.4, -0.2) is 52.8 Å². The van der Waals surface area contributed by atoms with Gasteiger partial charge >= 0.3 is 12.1 Å². The molecular formula is C23H30N2O6S. The van der Waals surface area contributed by atoms with E-state index in [1.807, 2.05) is 11.5 Å². The Morgan fingerprint density at radius 1 is 1.28 bits per heavy atom. The van der Waals surface area contributed by atoms with Gasteiger partial charge in [0.15, 0.2) is 0 Å². The van der Waals surface area contributed by atoms with Gasteiger partial charge in [-0.1, -0.05) is 0 Å². The lowest BCUT2D eigenvalue weighted by Gasteiger charge is -2.27. The number of carbonyl (C=O) groups excluding carboxylic acids is 1. The lowest BCUT2D eigenvalue weighted by molar-refractivity contribution is 0.0503. The number of carboxylic acid groups (broad SMARTS) is 1. The molecule has 2 heterocycles. The van der Waals surface area contributed by atoms with Gasteiger partial charge in [0, 0.05) is 34.8 Å². The molecule has 9 heteroatoms. The Hall–Kier alpha value is -2.52. The number of aromatic carboxylic acids is 1. The standard InChI is InChI=1S/C23H30N2O6S/c1-14-5-6-15-11-16(12-17-19(15)25(14)13-18(20(17)26)21(27)28)32-10-9-30-8-7-24-22(29)31-23(2,3)4/h11-14H,5-10H2,1-4H3,(H,24,29)(H,27,28). The maximum absolute atomic E-state index is 12.8. The molecule has 0 fully saturated rings. The van der Waals surface area contributed by atoms with Gasteiger partial charge in [-0.25, -0.2) is 9.59 Å². The van der Waals surface area contributed by atoms with Gasteiger partial charge in [0.2, 0.25) is 5.43 Å². The van der Waals surface area contributed by atoms with Crippen LogP contribution in [0.25, 0.3) is 10.9 Å². The Balaban J connectivity index is 1.60. The lowest BCUT2D eigenvalue weighted by atomic mass is 9.96. The highest BCUT2D eigenvalue weighted by atomic mass is 32.2. The highest BCUT2D eigenvalue weighted by Crippen LogP contribution is 2.33. The average Bonchev–Trinajstić information content (AvgIpc) is 2.69. The molecule has 0 saturated heterocycles. The van der Waals surface area contributed by atoms with Gasteiger partial charge in [0.25, 0.3) is 0 Å². The molecule has 1 aromatic carbocycles. The smallest absolute Gasteiger partial charge is 0.407 e. The molecule has 1 atom stereocenters. The van der Waals surface area contributed by atoms with Gasteiger partial charge in [-0.2, -0.15) is 0 Å². The van der Waals surface area contributed by atoms with Crippen LogP contribution in [0.3, 0.4) is 0 Å². The third kappa shape index (κ3) is 5.83. The molecule has 1 unspecified atom stereocenters. The van der Waals surface area contributed by atoms with E-state index in [-0.39, 0.29) is 11.6 Å². The minimum absolute atomic E-state index is 0.143. The predicted molar refractivity (Wildman–Crippen MR) is 124 cm³/mol. The SMILES string of the molecule is CC1CCc2cc(SCCOCCNC(=O)OC(C)(C)C)cc3c(=O)c(C(=O)O)cn1c23. The third-order valence-electron chi connectivity index (χ3n) is 5.13. The first-order valence-corrected chi connectivity index (χ1v) is 11.7. The van der Waals surface area contributed by atoms with Crippen LogP contribution in [0, 0.1) is 0 Å². The summed E-state index contributed by atoms with van der Waals surface area (Å²) >= 11 is 1.56. The van der Waals surface area contributed by atoms with Crippen LogP contribution in [-0.2, 0) is 15.9 Å². The molecule has 1 aliphatic rings. The van der Waals surface area contributed by atoms with E-state index < -0.39 is 23.1 Å². The highest BCUT2D eigenvalue weighted by molar-refractivity contribution is 7.99. The third-order valence-corrected chi connectivity index (χ3v) is 6.07. The highest BCUT2D eigenvalue weighted by Gasteiger charge is 2.23. The molecular weight excluding hydrogens is 432 g/mol. The van der Waals surface area contributed by atoms with E-state index in [9.17, 15) is 19.5 Å². The van der Waals surface area contributed by atoms with E-state index >= 15 is 0 Å². The van der Waals surface area contributed by atoms with E-state index in [2.05, 4.69) is 11.4 Å². The molecule has 0 saturated carbocycles. The lowest BCUT2D eigenvalue weighted by Crippen LogP contribution is -2.34. The number of hydrogen-bond acceptors (Lipinski definition) is 6. The van der Waals surface area contributed by atoms with Crippen molar-refractivity contribution >= 4 is 34.7 Å². The molecule has 0 bridgehead atoms. The van der Waals surface area contributed by atoms with Crippen molar-refractivity contribution in [2.24, 2.45) is 0 Å². The van der Waals surface area contributed by atoms with Crippen LogP contribution >= 0.6 is 11.8 Å². The number of carboxylic acids is 1. The molecule has 0 spiro atoms. The zero-order chi connectivity index (χ0) is 23.5. The number of pyridine rings is 1. The molecule has 174 valence electrons. The quantitative estimate of drug-likeness (QED) is 0.453. The fraction of sp³-hybridized carbons (Fsp3) is 0.522. The molecule has 0 radical (unpaired) electrons. The Kier molecular flexibility index (Phi) is 7.51. The zero-order valence-electron chi connectivity index (χ0n) is 18.9. The first-order valence-electron chi connectivity index (χ1n) is 10.7. The molecule has 2 aromatic rings. The van der Waals surface area contributed by atoms with Crippen molar-refractivity contribution in [2.75, 3.05) is 25.5 Å². The molecule has 32 heavy (non-hydrogen) atoms. The summed E-state index contributed by atoms with van der Waals surface area (Å²) in [6.45, 7) is 8.65. The van der Waals surface area contributed by atoms with Crippen LogP contribution in [0.2, 0.25) is 0 Å². The van der Waals surface area contributed by atoms with Crippen LogP contribution in [0.15, 0.2) is 28.0 Å². The van der Waals surface area contributed by atoms with Gasteiger partial charge in [0.05, 0.1) is 18.7 Å². The van der Waals surface area contributed by atoms with Crippen LogP contribution in [0.1, 0.15) is 56.1 Å². The number of aromatic nitrogens is 1. The van der Waals surface area contributed by atoms with Crippen molar-refractivity contribution in [1.29, 1.82) is 0 Å². The summed E-state index contributed by atoms with van der Waals surface area (Å²) in [5.74, 6) is -0.535. The van der Waals surface area contributed by atoms with Crippen molar-refractivity contribution in [3.8, 4) is 0 Å². The monoisotopic (exact) mass is 462 g/mol. The van der Waals surface area contributed by atoms with E-state index in [4.69, 9.17) is 9.47 Å². The Bertz CT molecular complexity index is 1070. The van der Waals surface area contributed by atoms with E-state index in [1.165, 1.54) is 6.20 Å². The maximum Gasteiger partial charge on any atom is 0.407 e. The van der Waals surface area contributed by atoms with Crippen molar-refractivity contribution < 1.29 is 24.2 Å². The normalized spacial score (nSPS) is 15.6. The molecule has 2 N–H and O–H groups in total. The van der Waals surface area contributed by atoms with Crippen molar-refractivity contribution in [1.82, 2.24) is 9.88 Å². The number of amides is 1.